The van der Waals surface area contributed by atoms with Gasteiger partial charge in [0, 0.05) is 23.9 Å². The van der Waals surface area contributed by atoms with Crippen molar-refractivity contribution in [2.75, 3.05) is 6.54 Å². The summed E-state index contributed by atoms with van der Waals surface area (Å²) in [7, 11) is 0. The molecular formula is C29H30N2O4. The highest BCUT2D eigenvalue weighted by atomic mass is 16.6. The molecule has 0 unspecified atom stereocenters. The molecule has 0 atom stereocenters. The van der Waals surface area contributed by atoms with Crippen molar-refractivity contribution in [3.05, 3.63) is 82.9 Å². The van der Waals surface area contributed by atoms with Gasteiger partial charge in [0.1, 0.15) is 12.2 Å². The van der Waals surface area contributed by atoms with E-state index in [9.17, 15) is 9.59 Å². The van der Waals surface area contributed by atoms with Crippen LogP contribution in [0.15, 0.2) is 60.7 Å². The van der Waals surface area contributed by atoms with Crippen LogP contribution in [-0.4, -0.2) is 33.8 Å². The van der Waals surface area contributed by atoms with E-state index in [1.807, 2.05) is 75.4 Å². The van der Waals surface area contributed by atoms with Gasteiger partial charge in [0.05, 0.1) is 11.0 Å². The molecule has 0 radical (unpaired) electrons. The second-order valence-electron chi connectivity index (χ2n) is 10.1. The van der Waals surface area contributed by atoms with Crippen LogP contribution in [0.1, 0.15) is 43.0 Å². The van der Waals surface area contributed by atoms with Gasteiger partial charge in [-0.15, -0.1) is 0 Å². The minimum Gasteiger partial charge on any atom is -0.445 e. The van der Waals surface area contributed by atoms with E-state index in [1.165, 1.54) is 5.56 Å². The minimum absolute atomic E-state index is 0.254. The largest absolute Gasteiger partial charge is 0.445 e. The molecule has 1 aromatic heterocycles. The lowest BCUT2D eigenvalue weighted by Gasteiger charge is -2.29. The molecule has 0 spiro atoms. The summed E-state index contributed by atoms with van der Waals surface area (Å²) in [6, 6.07) is 19.7. The fourth-order valence-corrected chi connectivity index (χ4v) is 4.91. The van der Waals surface area contributed by atoms with Crippen LogP contribution in [-0.2, 0) is 29.0 Å². The summed E-state index contributed by atoms with van der Waals surface area (Å²) in [4.78, 5) is 27.8. The zero-order valence-electron chi connectivity index (χ0n) is 20.6. The van der Waals surface area contributed by atoms with E-state index in [-0.39, 0.29) is 18.8 Å². The highest BCUT2D eigenvalue weighted by Crippen LogP contribution is 2.37. The Balaban J connectivity index is 1.51. The van der Waals surface area contributed by atoms with Gasteiger partial charge in [-0.25, -0.2) is 14.2 Å². The van der Waals surface area contributed by atoms with Gasteiger partial charge in [0.2, 0.25) is 0 Å². The Bertz CT molecular complexity index is 1430. The van der Waals surface area contributed by atoms with Crippen molar-refractivity contribution in [2.24, 2.45) is 0 Å². The van der Waals surface area contributed by atoms with Gasteiger partial charge in [-0.1, -0.05) is 48.5 Å². The topological polar surface area (TPSA) is 60.8 Å². The molecule has 0 saturated carbocycles. The Morgan fingerprint density at radius 3 is 2.40 bits per heavy atom. The van der Waals surface area contributed by atoms with Gasteiger partial charge in [-0.3, -0.25) is 0 Å². The van der Waals surface area contributed by atoms with Gasteiger partial charge in [-0.2, -0.15) is 0 Å². The number of carbonyl (C=O) groups is 2. The zero-order chi connectivity index (χ0) is 24.7. The van der Waals surface area contributed by atoms with Gasteiger partial charge >= 0.3 is 12.2 Å². The smallest absolute Gasteiger partial charge is 0.419 e. The summed E-state index contributed by atoms with van der Waals surface area (Å²) in [5.41, 5.74) is 5.38. The first-order valence-electron chi connectivity index (χ1n) is 12.0. The third-order valence-electron chi connectivity index (χ3n) is 6.46. The van der Waals surface area contributed by atoms with Crippen LogP contribution < -0.4 is 0 Å². The van der Waals surface area contributed by atoms with Crippen molar-refractivity contribution in [2.45, 2.75) is 52.9 Å². The van der Waals surface area contributed by atoms with E-state index in [0.717, 1.165) is 38.5 Å². The lowest BCUT2D eigenvalue weighted by molar-refractivity contribution is 0.0551. The number of amides is 1. The second kappa shape index (κ2) is 8.77. The summed E-state index contributed by atoms with van der Waals surface area (Å²) in [6.07, 6.45) is 0.00928. The van der Waals surface area contributed by atoms with Gasteiger partial charge in [-0.05, 0) is 68.5 Å². The van der Waals surface area contributed by atoms with E-state index >= 15 is 0 Å². The molecule has 0 bridgehead atoms. The molecule has 0 aliphatic carbocycles. The summed E-state index contributed by atoms with van der Waals surface area (Å²) >= 11 is 0. The van der Waals surface area contributed by atoms with Crippen molar-refractivity contribution in [1.29, 1.82) is 0 Å². The first kappa shape index (κ1) is 23.0. The van der Waals surface area contributed by atoms with E-state index in [1.54, 1.807) is 9.47 Å². The number of para-hydroxylation sites is 1. The molecule has 1 aliphatic heterocycles. The Kier molecular flexibility index (Phi) is 5.75. The molecule has 4 aromatic rings. The Labute approximate surface area is 205 Å². The lowest BCUT2D eigenvalue weighted by Crippen LogP contribution is -2.36. The number of fused-ring (bicyclic) bond motifs is 4. The number of aromatic nitrogens is 1. The molecule has 1 amide bonds. The molecule has 0 saturated heterocycles. The highest BCUT2D eigenvalue weighted by Gasteiger charge is 2.28. The van der Waals surface area contributed by atoms with E-state index < -0.39 is 5.60 Å². The number of carbonyl (C=O) groups excluding carboxylic acids is 2. The van der Waals surface area contributed by atoms with Crippen LogP contribution in [0.2, 0.25) is 0 Å². The number of hydrogen-bond donors (Lipinski definition) is 0. The third-order valence-corrected chi connectivity index (χ3v) is 6.46. The Morgan fingerprint density at radius 1 is 0.943 bits per heavy atom. The average Bonchev–Trinajstić information content (AvgIpc) is 3.17. The van der Waals surface area contributed by atoms with Gasteiger partial charge < -0.3 is 14.4 Å². The van der Waals surface area contributed by atoms with E-state index in [4.69, 9.17) is 9.47 Å². The Morgan fingerprint density at radius 2 is 1.66 bits per heavy atom. The SMILES string of the molecule is Cc1c2c(cc3c4ccccc4n(C(=O)OC(C)(C)C)c13)CN(C(=O)OCc1ccccc1)CC2. The van der Waals surface area contributed by atoms with Gasteiger partial charge in [0.25, 0.3) is 0 Å². The lowest BCUT2D eigenvalue weighted by atomic mass is 9.92. The number of nitrogens with zero attached hydrogens (tertiary/aromatic N) is 2. The van der Waals surface area contributed by atoms with Crippen molar-refractivity contribution in [3.63, 3.8) is 0 Å². The molecule has 0 fully saturated rings. The van der Waals surface area contributed by atoms with E-state index in [2.05, 4.69) is 13.0 Å². The quantitative estimate of drug-likeness (QED) is 0.332. The average molecular weight is 471 g/mol. The zero-order valence-corrected chi connectivity index (χ0v) is 20.6. The molecule has 1 aliphatic rings. The fourth-order valence-electron chi connectivity index (χ4n) is 4.91. The molecule has 2 heterocycles. The molecule has 3 aromatic carbocycles. The van der Waals surface area contributed by atoms with Crippen LogP contribution in [0.3, 0.4) is 0 Å². The van der Waals surface area contributed by atoms with E-state index in [0.29, 0.717) is 19.5 Å². The number of hydrogen-bond acceptors (Lipinski definition) is 4. The maximum atomic E-state index is 13.3. The maximum Gasteiger partial charge on any atom is 0.419 e. The monoisotopic (exact) mass is 470 g/mol. The summed E-state index contributed by atoms with van der Waals surface area (Å²) < 4.78 is 13.0. The summed E-state index contributed by atoms with van der Waals surface area (Å²) in [6.45, 7) is 8.98. The maximum absolute atomic E-state index is 13.3. The van der Waals surface area contributed by atoms with Gasteiger partial charge in [0.15, 0.2) is 0 Å². The van der Waals surface area contributed by atoms with Crippen molar-refractivity contribution in [1.82, 2.24) is 9.47 Å². The van der Waals surface area contributed by atoms with Crippen LogP contribution in [0.25, 0.3) is 21.8 Å². The third kappa shape index (κ3) is 4.36. The second-order valence-corrected chi connectivity index (χ2v) is 10.1. The predicted octanol–water partition coefficient (Wildman–Crippen LogP) is 6.58. The number of ether oxygens (including phenoxy) is 2. The molecule has 0 N–H and O–H groups in total. The standard InChI is InChI=1S/C29H30N2O4/c1-19-22-14-15-30(27(32)34-18-20-10-6-5-7-11-20)17-21(22)16-24-23-12-8-9-13-25(23)31(26(19)24)28(33)35-29(2,3)4/h5-13,16H,14-15,17-18H2,1-4H3. The first-order chi connectivity index (χ1) is 16.7. The van der Waals surface area contributed by atoms with Crippen molar-refractivity contribution in [3.8, 4) is 0 Å². The first-order valence-corrected chi connectivity index (χ1v) is 12.0. The van der Waals surface area contributed by atoms with Crippen LogP contribution in [0.5, 0.6) is 0 Å². The molecule has 35 heavy (non-hydrogen) atoms. The minimum atomic E-state index is -0.600. The number of benzene rings is 3. The van der Waals surface area contributed by atoms with Crippen LogP contribution in [0, 0.1) is 6.92 Å². The molecule has 5 rings (SSSR count). The molecular weight excluding hydrogens is 440 g/mol. The fraction of sp³-hybridized carbons (Fsp3) is 0.310. The van der Waals surface area contributed by atoms with Crippen molar-refractivity contribution >= 4 is 34.0 Å². The summed E-state index contributed by atoms with van der Waals surface area (Å²) in [5.74, 6) is 0. The summed E-state index contributed by atoms with van der Waals surface area (Å²) in [5, 5.41) is 1.98. The van der Waals surface area contributed by atoms with Crippen LogP contribution in [0.4, 0.5) is 9.59 Å². The molecule has 6 nitrogen and oxygen atoms in total. The normalized spacial score (nSPS) is 13.7. The van der Waals surface area contributed by atoms with Crippen LogP contribution >= 0.6 is 0 Å². The number of aryl methyl sites for hydroxylation is 1. The predicted molar refractivity (Wildman–Crippen MR) is 137 cm³/mol. The Hall–Kier alpha value is -3.80. The number of rotatable bonds is 2. The van der Waals surface area contributed by atoms with Crippen molar-refractivity contribution < 1.29 is 19.1 Å². The highest BCUT2D eigenvalue weighted by molar-refractivity contribution is 6.14. The molecule has 180 valence electrons. The molecule has 6 heteroatoms.